The van der Waals surface area contributed by atoms with Gasteiger partial charge in [0.15, 0.2) is 5.78 Å². The van der Waals surface area contributed by atoms with Crippen LogP contribution >= 0.6 is 0 Å². The van der Waals surface area contributed by atoms with Crippen molar-refractivity contribution in [2.24, 2.45) is 35.5 Å². The quantitative estimate of drug-likeness (QED) is 0.219. The summed E-state index contributed by atoms with van der Waals surface area (Å²) in [5.74, 6) is -0.713. The maximum Gasteiger partial charge on any atom is 0.335 e. The van der Waals surface area contributed by atoms with Crippen LogP contribution in [0, 0.1) is 35.5 Å². The smallest absolute Gasteiger partial charge is 0.335 e. The highest BCUT2D eigenvalue weighted by Gasteiger charge is 2.68. The molecule has 0 unspecified atom stereocenters. The number of benzene rings is 2. The molecule has 6 nitrogen and oxygen atoms in total. The number of carbonyl (C=O) groups excluding carboxylic acids is 4. The van der Waals surface area contributed by atoms with E-state index in [0.717, 1.165) is 12.0 Å². The van der Waals surface area contributed by atoms with E-state index in [1.54, 1.807) is 18.2 Å². The molecule has 1 saturated heterocycles. The molecule has 4 aliphatic carbocycles. The first kappa shape index (κ1) is 21.0. The van der Waals surface area contributed by atoms with Crippen LogP contribution in [0.3, 0.4) is 0 Å². The summed E-state index contributed by atoms with van der Waals surface area (Å²) in [7, 11) is 0. The zero-order valence-electron chi connectivity index (χ0n) is 18.8. The molecule has 3 fully saturated rings. The average molecular weight is 456 g/mol. The molecular weight excluding hydrogens is 430 g/mol. The second-order valence-electron chi connectivity index (χ2n) is 9.91. The molecule has 1 aliphatic heterocycles. The molecule has 0 spiro atoms. The molecule has 0 aromatic heterocycles. The van der Waals surface area contributed by atoms with E-state index in [-0.39, 0.29) is 53.4 Å². The number of allylic oxidation sites excluding steroid dienone is 2. The van der Waals surface area contributed by atoms with Crippen molar-refractivity contribution in [3.63, 3.8) is 0 Å². The highest BCUT2D eigenvalue weighted by Crippen LogP contribution is 2.65. The van der Waals surface area contributed by atoms with Gasteiger partial charge in [-0.05, 0) is 54.7 Å². The Labute approximate surface area is 197 Å². The summed E-state index contributed by atoms with van der Waals surface area (Å²) in [6.45, 7) is 1.44. The van der Waals surface area contributed by atoms with Crippen LogP contribution in [-0.2, 0) is 20.8 Å². The Balaban J connectivity index is 1.32. The minimum atomic E-state index is -1.07. The lowest BCUT2D eigenvalue weighted by molar-refractivity contribution is -0.153. The molecule has 5 aliphatic rings. The van der Waals surface area contributed by atoms with Crippen LogP contribution in [0.5, 0.6) is 5.75 Å². The van der Waals surface area contributed by atoms with Gasteiger partial charge in [-0.15, -0.1) is 0 Å². The van der Waals surface area contributed by atoms with Crippen molar-refractivity contribution in [3.8, 4) is 5.75 Å². The maximum absolute atomic E-state index is 13.7. The molecule has 7 atom stereocenters. The summed E-state index contributed by atoms with van der Waals surface area (Å²) < 4.78 is 5.65. The Morgan fingerprint density at radius 3 is 2.21 bits per heavy atom. The van der Waals surface area contributed by atoms with E-state index in [0.29, 0.717) is 17.4 Å². The van der Waals surface area contributed by atoms with Gasteiger partial charge in [0.05, 0.1) is 11.8 Å². The molecule has 172 valence electrons. The van der Waals surface area contributed by atoms with Crippen molar-refractivity contribution in [3.05, 3.63) is 77.9 Å². The number of imide groups is 1. The number of amides is 2. The number of Topliss-reactive ketones (excluding diaryl/α,β-unsaturated/α-hetero) is 1. The average Bonchev–Trinajstić information content (AvgIpc) is 3.62. The first-order chi connectivity index (χ1) is 16.4. The van der Waals surface area contributed by atoms with Gasteiger partial charge in [-0.3, -0.25) is 19.3 Å². The molecule has 7 rings (SSSR count). The van der Waals surface area contributed by atoms with Gasteiger partial charge in [0.2, 0.25) is 11.8 Å². The minimum Gasteiger partial charge on any atom is -0.425 e. The molecule has 2 bridgehead atoms. The normalized spacial score (nSPS) is 31.1. The van der Waals surface area contributed by atoms with Gasteiger partial charge >= 0.3 is 5.97 Å². The summed E-state index contributed by atoms with van der Waals surface area (Å²) in [6, 6.07) is 14.7. The number of nitrogens with zero attached hydrogens (tertiary/aromatic N) is 1. The molecule has 0 radical (unpaired) electrons. The Bertz CT molecular complexity index is 1200. The molecule has 2 amide bonds. The van der Waals surface area contributed by atoms with E-state index in [9.17, 15) is 19.2 Å². The van der Waals surface area contributed by atoms with E-state index < -0.39 is 12.0 Å². The van der Waals surface area contributed by atoms with Gasteiger partial charge in [-0.2, -0.15) is 0 Å². The van der Waals surface area contributed by atoms with Crippen LogP contribution in [-0.4, -0.2) is 34.5 Å². The van der Waals surface area contributed by atoms with Crippen molar-refractivity contribution in [1.82, 2.24) is 4.90 Å². The molecule has 2 aromatic carbocycles. The number of hydrogen-bond donors (Lipinski definition) is 0. The molecular formula is C28H25NO5. The fourth-order valence-electron chi connectivity index (χ4n) is 6.37. The van der Waals surface area contributed by atoms with Crippen LogP contribution in [0.1, 0.15) is 29.3 Å². The number of ether oxygens (including phenoxy) is 1. The number of hydrogen-bond acceptors (Lipinski definition) is 5. The van der Waals surface area contributed by atoms with Crippen molar-refractivity contribution >= 4 is 23.6 Å². The predicted octanol–water partition coefficient (Wildman–Crippen LogP) is 3.46. The topological polar surface area (TPSA) is 80.8 Å². The van der Waals surface area contributed by atoms with Gasteiger partial charge < -0.3 is 4.74 Å². The third kappa shape index (κ3) is 3.23. The maximum atomic E-state index is 13.7. The Morgan fingerprint density at radius 2 is 1.59 bits per heavy atom. The SMILES string of the molecule is CC(=O)c1cccc(OC(=O)[C@H](Cc2ccccc2)N2C(=O)[C@@H]3[C@H]4C=C[C@@H]([C@@H]5C[C@H]45)[C@H]3C2=O)c1. The van der Waals surface area contributed by atoms with Crippen LogP contribution in [0.25, 0.3) is 0 Å². The largest absolute Gasteiger partial charge is 0.425 e. The van der Waals surface area contributed by atoms with E-state index >= 15 is 0 Å². The van der Waals surface area contributed by atoms with E-state index in [2.05, 4.69) is 12.2 Å². The van der Waals surface area contributed by atoms with Gasteiger partial charge in [0, 0.05) is 12.0 Å². The molecule has 34 heavy (non-hydrogen) atoms. The first-order valence-corrected chi connectivity index (χ1v) is 11.9. The summed E-state index contributed by atoms with van der Waals surface area (Å²) in [4.78, 5) is 53.7. The second-order valence-corrected chi connectivity index (χ2v) is 9.91. The molecule has 0 N–H and O–H groups in total. The lowest BCUT2D eigenvalue weighted by atomic mass is 9.63. The van der Waals surface area contributed by atoms with Crippen LogP contribution in [0.2, 0.25) is 0 Å². The fraction of sp³-hybridized carbons (Fsp3) is 0.357. The number of likely N-dealkylation sites (tertiary alicyclic amines) is 1. The Hall–Kier alpha value is -3.54. The van der Waals surface area contributed by atoms with Crippen molar-refractivity contribution in [2.75, 3.05) is 0 Å². The number of carbonyl (C=O) groups is 4. The van der Waals surface area contributed by atoms with Crippen molar-refractivity contribution < 1.29 is 23.9 Å². The third-order valence-corrected chi connectivity index (χ3v) is 8.01. The number of esters is 1. The third-order valence-electron chi connectivity index (χ3n) is 8.01. The zero-order valence-corrected chi connectivity index (χ0v) is 18.8. The molecule has 2 aromatic rings. The first-order valence-electron chi connectivity index (χ1n) is 11.9. The summed E-state index contributed by atoms with van der Waals surface area (Å²) >= 11 is 0. The van der Waals surface area contributed by atoms with Crippen molar-refractivity contribution in [1.29, 1.82) is 0 Å². The summed E-state index contributed by atoms with van der Waals surface area (Å²) in [5.41, 5.74) is 1.26. The fourth-order valence-corrected chi connectivity index (χ4v) is 6.37. The molecule has 2 saturated carbocycles. The number of rotatable bonds is 6. The molecule has 1 heterocycles. The minimum absolute atomic E-state index is 0.0853. The highest BCUT2D eigenvalue weighted by atomic mass is 16.5. The summed E-state index contributed by atoms with van der Waals surface area (Å²) in [6.07, 6.45) is 5.50. The van der Waals surface area contributed by atoms with Gasteiger partial charge in [0.1, 0.15) is 11.8 Å². The van der Waals surface area contributed by atoms with Crippen LogP contribution < -0.4 is 4.74 Å². The highest BCUT2D eigenvalue weighted by molar-refractivity contribution is 6.09. The van der Waals surface area contributed by atoms with E-state index in [4.69, 9.17) is 4.74 Å². The lowest BCUT2D eigenvalue weighted by Crippen LogP contribution is -2.48. The van der Waals surface area contributed by atoms with Crippen LogP contribution in [0.4, 0.5) is 0 Å². The van der Waals surface area contributed by atoms with Gasteiger partial charge in [0.25, 0.3) is 0 Å². The number of ketones is 1. The standard InChI is InChI=1S/C28H25NO5/c1-15(30)17-8-5-9-18(13-17)34-28(33)23(12-16-6-3-2-4-7-16)29-26(31)24-19-10-11-20(22-14-21(19)22)25(24)27(29)32/h2-11,13,19-25H,12,14H2,1H3/t19-,20-,21-,22+,23-,24+,25+/m0/s1. The summed E-state index contributed by atoms with van der Waals surface area (Å²) in [5, 5.41) is 0. The Morgan fingerprint density at radius 1 is 0.941 bits per heavy atom. The molecule has 6 heteroatoms. The van der Waals surface area contributed by atoms with E-state index in [1.807, 2.05) is 30.3 Å². The Kier molecular flexibility index (Phi) is 4.80. The lowest BCUT2D eigenvalue weighted by Gasteiger charge is -2.37. The van der Waals surface area contributed by atoms with Gasteiger partial charge in [-0.1, -0.05) is 54.6 Å². The van der Waals surface area contributed by atoms with Gasteiger partial charge in [-0.25, -0.2) is 4.79 Å². The monoisotopic (exact) mass is 455 g/mol. The van der Waals surface area contributed by atoms with Crippen LogP contribution in [0.15, 0.2) is 66.7 Å². The predicted molar refractivity (Wildman–Crippen MR) is 123 cm³/mol. The van der Waals surface area contributed by atoms with Crippen molar-refractivity contribution in [2.45, 2.75) is 25.8 Å². The second kappa shape index (κ2) is 7.76. The van der Waals surface area contributed by atoms with E-state index in [1.165, 1.54) is 17.9 Å². The zero-order chi connectivity index (χ0) is 23.6.